The third-order valence-electron chi connectivity index (χ3n) is 2.24. The van der Waals surface area contributed by atoms with Gasteiger partial charge in [0.15, 0.2) is 5.69 Å². The van der Waals surface area contributed by atoms with E-state index in [1.165, 1.54) is 18.4 Å². The van der Waals surface area contributed by atoms with Crippen molar-refractivity contribution in [1.82, 2.24) is 9.97 Å². The molecule has 0 spiro atoms. The van der Waals surface area contributed by atoms with Gasteiger partial charge in [0.05, 0.1) is 12.7 Å². The lowest BCUT2D eigenvalue weighted by molar-refractivity contribution is 0.0594. The van der Waals surface area contributed by atoms with Crippen molar-refractivity contribution in [2.45, 2.75) is 6.92 Å². The Morgan fingerprint density at radius 1 is 1.53 bits per heavy atom. The van der Waals surface area contributed by atoms with E-state index < -0.39 is 5.97 Å². The largest absolute Gasteiger partial charge is 0.464 e. The third-order valence-corrected chi connectivity index (χ3v) is 3.25. The second kappa shape index (κ2) is 4.50. The average Bonchev–Trinajstić information content (AvgIpc) is 2.71. The molecule has 0 unspecified atom stereocenters. The molecule has 2 heterocycles. The van der Waals surface area contributed by atoms with Crippen molar-refractivity contribution in [3.05, 3.63) is 28.9 Å². The van der Waals surface area contributed by atoms with Crippen molar-refractivity contribution in [2.24, 2.45) is 0 Å². The van der Waals surface area contributed by atoms with E-state index >= 15 is 0 Å². The van der Waals surface area contributed by atoms with Crippen LogP contribution in [0.5, 0.6) is 0 Å². The summed E-state index contributed by atoms with van der Waals surface area (Å²) in [5, 5.41) is 0.675. The molecule has 0 saturated heterocycles. The van der Waals surface area contributed by atoms with Gasteiger partial charge in [-0.25, -0.2) is 14.8 Å². The van der Waals surface area contributed by atoms with Gasteiger partial charge in [0.1, 0.15) is 10.8 Å². The lowest BCUT2D eigenvalue weighted by atomic mass is 10.2. The van der Waals surface area contributed by atoms with Gasteiger partial charge in [0.2, 0.25) is 0 Å². The van der Waals surface area contributed by atoms with Crippen LogP contribution < -0.4 is 5.73 Å². The Morgan fingerprint density at radius 2 is 2.29 bits per heavy atom. The molecule has 2 aromatic heterocycles. The van der Waals surface area contributed by atoms with Gasteiger partial charge in [-0.05, 0) is 19.1 Å². The van der Waals surface area contributed by atoms with Crippen LogP contribution in [0.2, 0.25) is 0 Å². The lowest BCUT2D eigenvalue weighted by Gasteiger charge is -1.98. The number of rotatable bonds is 2. The number of aromatic nitrogens is 2. The number of carbonyl (C=O) groups is 1. The third kappa shape index (κ3) is 2.12. The minimum absolute atomic E-state index is 0.329. The van der Waals surface area contributed by atoms with Gasteiger partial charge in [-0.15, -0.1) is 11.3 Å². The summed E-state index contributed by atoms with van der Waals surface area (Å²) in [5.74, 6) is -0.0369. The Bertz CT molecular complexity index is 566. The number of pyridine rings is 1. The fourth-order valence-electron chi connectivity index (χ4n) is 1.40. The molecule has 0 atom stereocenters. The second-order valence-corrected chi connectivity index (χ2v) is 4.55. The standard InChI is InChI=1S/C11H11N3O2S/c1-6-8(11(15)16-2)14-10(17-6)7-4-3-5-13-9(7)12/h3-5H,1-2H3,(H2,12,13). The van der Waals surface area contributed by atoms with Gasteiger partial charge in [0.25, 0.3) is 0 Å². The smallest absolute Gasteiger partial charge is 0.357 e. The van der Waals surface area contributed by atoms with Crippen LogP contribution in [0.3, 0.4) is 0 Å². The van der Waals surface area contributed by atoms with Crippen LogP contribution in [-0.4, -0.2) is 23.0 Å². The number of hydrogen-bond acceptors (Lipinski definition) is 6. The van der Waals surface area contributed by atoms with Crippen LogP contribution >= 0.6 is 11.3 Å². The normalized spacial score (nSPS) is 10.2. The van der Waals surface area contributed by atoms with Crippen molar-refractivity contribution in [3.63, 3.8) is 0 Å². The number of nitrogens with two attached hydrogens (primary N) is 1. The van der Waals surface area contributed by atoms with Crippen molar-refractivity contribution in [3.8, 4) is 10.6 Å². The molecule has 0 amide bonds. The topological polar surface area (TPSA) is 78.1 Å². The zero-order valence-electron chi connectivity index (χ0n) is 9.43. The van der Waals surface area contributed by atoms with Gasteiger partial charge >= 0.3 is 5.97 Å². The monoisotopic (exact) mass is 249 g/mol. The maximum Gasteiger partial charge on any atom is 0.357 e. The first-order valence-electron chi connectivity index (χ1n) is 4.90. The van der Waals surface area contributed by atoms with Crippen LogP contribution in [-0.2, 0) is 4.74 Å². The number of ether oxygens (including phenoxy) is 1. The van der Waals surface area contributed by atoms with E-state index in [9.17, 15) is 4.79 Å². The number of nitrogen functional groups attached to an aromatic ring is 1. The van der Waals surface area contributed by atoms with E-state index in [0.717, 1.165) is 10.4 Å². The quantitative estimate of drug-likeness (QED) is 0.822. The molecule has 88 valence electrons. The predicted molar refractivity (Wildman–Crippen MR) is 65.8 cm³/mol. The van der Waals surface area contributed by atoms with Gasteiger partial charge in [-0.2, -0.15) is 0 Å². The summed E-state index contributed by atoms with van der Waals surface area (Å²) in [6, 6.07) is 3.60. The number of methoxy groups -OCH3 is 1. The molecule has 0 aliphatic carbocycles. The fourth-order valence-corrected chi connectivity index (χ4v) is 2.33. The maximum atomic E-state index is 11.4. The van der Waals surface area contributed by atoms with Gasteiger partial charge < -0.3 is 10.5 Å². The number of anilines is 1. The summed E-state index contributed by atoms with van der Waals surface area (Å²) < 4.78 is 4.65. The number of nitrogens with zero attached hydrogens (tertiary/aromatic N) is 2. The van der Waals surface area contributed by atoms with Crippen molar-refractivity contribution in [2.75, 3.05) is 12.8 Å². The first kappa shape index (κ1) is 11.5. The van der Waals surface area contributed by atoms with E-state index in [4.69, 9.17) is 5.73 Å². The first-order valence-corrected chi connectivity index (χ1v) is 5.71. The molecule has 0 bridgehead atoms. The molecular weight excluding hydrogens is 238 g/mol. The molecule has 0 radical (unpaired) electrons. The summed E-state index contributed by atoms with van der Waals surface area (Å²) >= 11 is 1.39. The zero-order valence-corrected chi connectivity index (χ0v) is 10.2. The number of hydrogen-bond donors (Lipinski definition) is 1. The Labute approximate surface area is 102 Å². The van der Waals surface area contributed by atoms with E-state index in [0.29, 0.717) is 16.5 Å². The Hall–Kier alpha value is -1.95. The number of thiazole rings is 1. The van der Waals surface area contributed by atoms with Crippen molar-refractivity contribution in [1.29, 1.82) is 0 Å². The predicted octanol–water partition coefficient (Wildman–Crippen LogP) is 1.88. The van der Waals surface area contributed by atoms with Crippen LogP contribution in [0.25, 0.3) is 10.6 Å². The lowest BCUT2D eigenvalue weighted by Crippen LogP contribution is -2.03. The molecule has 0 aliphatic rings. The number of esters is 1. The average molecular weight is 249 g/mol. The minimum Gasteiger partial charge on any atom is -0.464 e. The Morgan fingerprint density at radius 3 is 2.94 bits per heavy atom. The summed E-state index contributed by atoms with van der Waals surface area (Å²) in [7, 11) is 1.33. The van der Waals surface area contributed by atoms with Gasteiger partial charge in [-0.3, -0.25) is 0 Å². The highest BCUT2D eigenvalue weighted by molar-refractivity contribution is 7.15. The highest BCUT2D eigenvalue weighted by Crippen LogP contribution is 2.30. The van der Waals surface area contributed by atoms with Crippen molar-refractivity contribution < 1.29 is 9.53 Å². The van der Waals surface area contributed by atoms with Gasteiger partial charge in [-0.1, -0.05) is 0 Å². The summed E-state index contributed by atoms with van der Waals surface area (Å²) in [6.07, 6.45) is 1.61. The van der Waals surface area contributed by atoms with Crippen LogP contribution in [0.15, 0.2) is 18.3 Å². The molecule has 17 heavy (non-hydrogen) atoms. The highest BCUT2D eigenvalue weighted by Gasteiger charge is 2.17. The molecule has 0 fully saturated rings. The summed E-state index contributed by atoms with van der Waals surface area (Å²) in [5.41, 5.74) is 6.82. The highest BCUT2D eigenvalue weighted by atomic mass is 32.1. The molecule has 5 nitrogen and oxygen atoms in total. The van der Waals surface area contributed by atoms with E-state index in [-0.39, 0.29) is 0 Å². The van der Waals surface area contributed by atoms with Crippen LogP contribution in [0, 0.1) is 6.92 Å². The minimum atomic E-state index is -0.438. The first-order chi connectivity index (χ1) is 8.13. The zero-order chi connectivity index (χ0) is 12.4. The molecule has 0 aliphatic heterocycles. The van der Waals surface area contributed by atoms with Crippen LogP contribution in [0.4, 0.5) is 5.82 Å². The second-order valence-electron chi connectivity index (χ2n) is 3.35. The molecular formula is C11H11N3O2S. The molecule has 6 heteroatoms. The van der Waals surface area contributed by atoms with E-state index in [2.05, 4.69) is 14.7 Å². The molecule has 2 N–H and O–H groups in total. The fraction of sp³-hybridized carbons (Fsp3) is 0.182. The summed E-state index contributed by atoms with van der Waals surface area (Å²) in [6.45, 7) is 1.82. The van der Waals surface area contributed by atoms with Crippen LogP contribution in [0.1, 0.15) is 15.4 Å². The molecule has 2 rings (SSSR count). The molecule has 0 aromatic carbocycles. The van der Waals surface area contributed by atoms with Crippen molar-refractivity contribution >= 4 is 23.1 Å². The SMILES string of the molecule is COC(=O)c1nc(-c2cccnc2N)sc1C. The van der Waals surface area contributed by atoms with Gasteiger partial charge in [0, 0.05) is 11.1 Å². The Balaban J connectivity index is 2.49. The molecule has 0 saturated carbocycles. The Kier molecular flexibility index (Phi) is 3.06. The summed E-state index contributed by atoms with van der Waals surface area (Å²) in [4.78, 5) is 20.5. The molecule has 2 aromatic rings. The van der Waals surface area contributed by atoms with E-state index in [1.54, 1.807) is 12.3 Å². The maximum absolute atomic E-state index is 11.4. The number of carbonyl (C=O) groups excluding carboxylic acids is 1. The van der Waals surface area contributed by atoms with E-state index in [1.807, 2.05) is 13.0 Å². The number of aryl methyl sites for hydroxylation is 1.